The predicted molar refractivity (Wildman–Crippen MR) is 146 cm³/mol. The van der Waals surface area contributed by atoms with Crippen molar-refractivity contribution in [3.05, 3.63) is 71.8 Å². The number of alkyl carbamates (subject to hydrolysis) is 1. The first kappa shape index (κ1) is 31.1. The van der Waals surface area contributed by atoms with Gasteiger partial charge in [-0.3, -0.25) is 9.59 Å². The molecule has 5 atom stereocenters. The summed E-state index contributed by atoms with van der Waals surface area (Å²) in [6, 6.07) is 15.9. The van der Waals surface area contributed by atoms with Crippen LogP contribution < -0.4 is 16.0 Å². The molecular formula is C28H36N3O8S-. The monoisotopic (exact) mass is 574 g/mol. The second-order valence-corrected chi connectivity index (χ2v) is 11.8. The first-order valence-corrected chi connectivity index (χ1v) is 14.7. The molecule has 2 aromatic rings. The van der Waals surface area contributed by atoms with Gasteiger partial charge in [-0.2, -0.15) is 0 Å². The van der Waals surface area contributed by atoms with Gasteiger partial charge in [-0.15, -0.1) is 0 Å². The third-order valence-electron chi connectivity index (χ3n) is 6.67. The SMILES string of the molecule is CC(C)C[C@H](NC(=O)OC(Cc1ccccc1)c1ccccc1)C(=O)N[C@@H](C[C@@H]1CCNC1=O)C(O)S(=O)(=O)[O-]. The molecule has 0 bridgehead atoms. The van der Waals surface area contributed by atoms with Crippen molar-refractivity contribution in [2.24, 2.45) is 11.8 Å². The van der Waals surface area contributed by atoms with Gasteiger partial charge >= 0.3 is 6.09 Å². The zero-order chi connectivity index (χ0) is 29.3. The van der Waals surface area contributed by atoms with E-state index < -0.39 is 51.7 Å². The first-order chi connectivity index (χ1) is 18.9. The summed E-state index contributed by atoms with van der Waals surface area (Å²) in [6.45, 7) is 4.01. The van der Waals surface area contributed by atoms with Crippen molar-refractivity contribution in [3.8, 4) is 0 Å². The Morgan fingerprint density at radius 2 is 1.70 bits per heavy atom. The van der Waals surface area contributed by atoms with E-state index in [9.17, 15) is 32.5 Å². The molecule has 1 aliphatic heterocycles. The smallest absolute Gasteiger partial charge is 0.408 e. The number of nitrogens with one attached hydrogen (secondary N) is 3. The van der Waals surface area contributed by atoms with Crippen LogP contribution in [0.25, 0.3) is 0 Å². The molecule has 0 aromatic heterocycles. The highest BCUT2D eigenvalue weighted by Crippen LogP contribution is 2.23. The van der Waals surface area contributed by atoms with Crippen LogP contribution in [0, 0.1) is 11.8 Å². The summed E-state index contributed by atoms with van der Waals surface area (Å²) in [5.74, 6) is -1.93. The molecular weight excluding hydrogens is 538 g/mol. The van der Waals surface area contributed by atoms with Gasteiger partial charge in [-0.05, 0) is 36.3 Å². The summed E-state index contributed by atoms with van der Waals surface area (Å²) in [5, 5.41) is 17.8. The third-order valence-corrected chi connectivity index (χ3v) is 7.59. The first-order valence-electron chi connectivity index (χ1n) is 13.2. The molecule has 2 unspecified atom stereocenters. The van der Waals surface area contributed by atoms with Crippen LogP contribution in [0.3, 0.4) is 0 Å². The van der Waals surface area contributed by atoms with Crippen molar-refractivity contribution in [2.45, 2.75) is 63.2 Å². The summed E-state index contributed by atoms with van der Waals surface area (Å²) in [5.41, 5.74) is -0.776. The molecule has 1 saturated heterocycles. The molecule has 218 valence electrons. The molecule has 1 aliphatic rings. The zero-order valence-electron chi connectivity index (χ0n) is 22.5. The number of amides is 3. The molecule has 4 N–H and O–H groups in total. The van der Waals surface area contributed by atoms with Gasteiger partial charge in [0.25, 0.3) is 0 Å². The molecule has 0 saturated carbocycles. The fourth-order valence-electron chi connectivity index (χ4n) is 4.64. The molecule has 0 radical (unpaired) electrons. The van der Waals surface area contributed by atoms with E-state index in [2.05, 4.69) is 16.0 Å². The lowest BCUT2D eigenvalue weighted by Gasteiger charge is -2.30. The van der Waals surface area contributed by atoms with E-state index in [1.54, 1.807) is 0 Å². The molecule has 1 heterocycles. The average molecular weight is 575 g/mol. The summed E-state index contributed by atoms with van der Waals surface area (Å²) < 4.78 is 40.5. The Labute approximate surface area is 234 Å². The molecule has 1 fully saturated rings. The van der Waals surface area contributed by atoms with E-state index in [-0.39, 0.29) is 24.7 Å². The lowest BCUT2D eigenvalue weighted by Crippen LogP contribution is -2.55. The molecule has 3 rings (SSSR count). The second kappa shape index (κ2) is 14.2. The van der Waals surface area contributed by atoms with Crippen LogP contribution in [-0.4, -0.2) is 60.0 Å². The van der Waals surface area contributed by atoms with Crippen molar-refractivity contribution in [2.75, 3.05) is 6.54 Å². The second-order valence-electron chi connectivity index (χ2n) is 10.3. The zero-order valence-corrected chi connectivity index (χ0v) is 23.3. The van der Waals surface area contributed by atoms with Crippen molar-refractivity contribution in [3.63, 3.8) is 0 Å². The quantitative estimate of drug-likeness (QED) is 0.263. The Hall–Kier alpha value is -3.48. The van der Waals surface area contributed by atoms with Gasteiger partial charge < -0.3 is 30.3 Å². The number of hydrogen-bond donors (Lipinski definition) is 4. The Bertz CT molecular complexity index is 1240. The van der Waals surface area contributed by atoms with Crippen molar-refractivity contribution >= 4 is 28.0 Å². The summed E-state index contributed by atoms with van der Waals surface area (Å²) in [4.78, 5) is 38.4. The Kier molecular flexibility index (Phi) is 11.1. The number of carbonyl (C=O) groups is 3. The van der Waals surface area contributed by atoms with Gasteiger partial charge in [-0.25, -0.2) is 13.2 Å². The lowest BCUT2D eigenvalue weighted by molar-refractivity contribution is -0.126. The highest BCUT2D eigenvalue weighted by atomic mass is 32.2. The fourth-order valence-corrected chi connectivity index (χ4v) is 5.22. The van der Waals surface area contributed by atoms with Crippen LogP contribution in [0.5, 0.6) is 0 Å². The number of benzene rings is 2. The van der Waals surface area contributed by atoms with Gasteiger partial charge in [0.1, 0.15) is 22.3 Å². The van der Waals surface area contributed by atoms with Gasteiger partial charge in [0.2, 0.25) is 11.8 Å². The largest absolute Gasteiger partial charge is 0.746 e. The van der Waals surface area contributed by atoms with Crippen LogP contribution in [0.1, 0.15) is 50.3 Å². The number of aliphatic hydroxyl groups is 1. The third kappa shape index (κ3) is 9.32. The molecule has 2 aromatic carbocycles. The highest BCUT2D eigenvalue weighted by molar-refractivity contribution is 7.86. The Morgan fingerprint density at radius 1 is 1.07 bits per heavy atom. The molecule has 3 amide bonds. The van der Waals surface area contributed by atoms with Gasteiger partial charge in [0, 0.05) is 18.9 Å². The number of aliphatic hydroxyl groups excluding tert-OH is 1. The Balaban J connectivity index is 1.75. The average Bonchev–Trinajstić information content (AvgIpc) is 3.31. The maximum atomic E-state index is 13.3. The van der Waals surface area contributed by atoms with Gasteiger partial charge in [0.05, 0.1) is 6.04 Å². The van der Waals surface area contributed by atoms with Crippen molar-refractivity contribution in [1.29, 1.82) is 0 Å². The molecule has 12 heteroatoms. The van der Waals surface area contributed by atoms with Crippen LogP contribution in [0.15, 0.2) is 60.7 Å². The standard InChI is InChI=1S/C28H37N3O8S/c1-18(2)15-22(26(33)30-23(27(34)40(36,37)38)17-21-13-14-29-25(21)32)31-28(35)39-24(20-11-7-4-8-12-20)16-19-9-5-3-6-10-19/h3-12,18,21-24,27,34H,13-17H2,1-2H3,(H,29,32)(H,30,33)(H,31,35)(H,36,37,38)/p-1/t21-,22-,23-,24?,27?/m0/s1. The Morgan fingerprint density at radius 3 is 2.25 bits per heavy atom. The van der Waals surface area contributed by atoms with E-state index in [1.165, 1.54) is 0 Å². The summed E-state index contributed by atoms with van der Waals surface area (Å²) in [7, 11) is -5.21. The maximum absolute atomic E-state index is 13.3. The van der Waals surface area contributed by atoms with Crippen molar-refractivity contribution < 1.29 is 37.2 Å². The summed E-state index contributed by atoms with van der Waals surface area (Å²) in [6.07, 6.45) is -0.877. The van der Waals surface area contributed by atoms with E-state index in [0.717, 1.165) is 11.1 Å². The minimum atomic E-state index is -5.21. The highest BCUT2D eigenvalue weighted by Gasteiger charge is 2.35. The van der Waals surface area contributed by atoms with E-state index in [4.69, 9.17) is 4.74 Å². The normalized spacial score (nSPS) is 18.3. The number of ether oxygens (including phenoxy) is 1. The number of hydrogen-bond acceptors (Lipinski definition) is 8. The molecule has 0 spiro atoms. The minimum absolute atomic E-state index is 0.0717. The molecule has 40 heavy (non-hydrogen) atoms. The minimum Gasteiger partial charge on any atom is -0.746 e. The van der Waals surface area contributed by atoms with Crippen molar-refractivity contribution in [1.82, 2.24) is 16.0 Å². The maximum Gasteiger partial charge on any atom is 0.408 e. The molecule has 0 aliphatic carbocycles. The number of carbonyl (C=O) groups excluding carboxylic acids is 3. The van der Waals surface area contributed by atoms with Crippen LogP contribution in [-0.2, 0) is 30.9 Å². The van der Waals surface area contributed by atoms with E-state index in [0.29, 0.717) is 19.4 Å². The van der Waals surface area contributed by atoms with Crippen LogP contribution in [0.4, 0.5) is 4.79 Å². The van der Waals surface area contributed by atoms with E-state index >= 15 is 0 Å². The van der Waals surface area contributed by atoms with Gasteiger partial charge in [0.15, 0.2) is 5.44 Å². The van der Waals surface area contributed by atoms with Gasteiger partial charge in [-0.1, -0.05) is 74.5 Å². The van der Waals surface area contributed by atoms with E-state index in [1.807, 2.05) is 74.5 Å². The lowest BCUT2D eigenvalue weighted by atomic mass is 9.97. The number of rotatable bonds is 13. The fraction of sp³-hybridized carbons (Fsp3) is 0.464. The van der Waals surface area contributed by atoms with Crippen LogP contribution in [0.2, 0.25) is 0 Å². The van der Waals surface area contributed by atoms with Crippen LogP contribution >= 0.6 is 0 Å². The molecule has 11 nitrogen and oxygen atoms in total. The topological polar surface area (TPSA) is 174 Å². The summed E-state index contributed by atoms with van der Waals surface area (Å²) >= 11 is 0. The predicted octanol–water partition coefficient (Wildman–Crippen LogP) is 1.99.